The summed E-state index contributed by atoms with van der Waals surface area (Å²) in [6.07, 6.45) is 4.28. The van der Waals surface area contributed by atoms with Crippen LogP contribution in [0.1, 0.15) is 70.7 Å². The molecule has 6 aliphatic rings. The van der Waals surface area contributed by atoms with Gasteiger partial charge in [0.2, 0.25) is 0 Å². The number of hydrogen-bond acceptors (Lipinski definition) is 7. The van der Waals surface area contributed by atoms with E-state index in [1.54, 1.807) is 0 Å². The number of hydrogen-bond donors (Lipinski definition) is 2. The number of esters is 1. The number of aliphatic hydroxyl groups excluding tert-OH is 1. The number of aliphatic hydroxyl groups is 1. The summed E-state index contributed by atoms with van der Waals surface area (Å²) in [5, 5.41) is 15.0. The summed E-state index contributed by atoms with van der Waals surface area (Å²) in [6, 6.07) is 9.25. The van der Waals surface area contributed by atoms with Crippen LogP contribution >= 0.6 is 0 Å². The molecule has 0 aromatic heterocycles. The van der Waals surface area contributed by atoms with Crippen LogP contribution in [0.25, 0.3) is 0 Å². The van der Waals surface area contributed by atoms with Gasteiger partial charge in [-0.05, 0) is 69.2 Å². The molecule has 1 spiro atoms. The lowest BCUT2D eigenvalue weighted by Crippen LogP contribution is -2.63. The third-order valence-corrected chi connectivity index (χ3v) is 13.3. The fraction of sp³-hybridized carbons (Fsp3) is 0.714. The highest BCUT2D eigenvalue weighted by molar-refractivity contribution is 5.94. The maximum Gasteiger partial charge on any atom is 0.302 e. The highest BCUT2D eigenvalue weighted by atomic mass is 16.6. The van der Waals surface area contributed by atoms with Gasteiger partial charge in [-0.2, -0.15) is 0 Å². The van der Waals surface area contributed by atoms with Crippen molar-refractivity contribution < 1.29 is 28.9 Å². The van der Waals surface area contributed by atoms with Gasteiger partial charge in [0, 0.05) is 42.2 Å². The van der Waals surface area contributed by atoms with Crippen molar-refractivity contribution in [2.45, 2.75) is 102 Å². The van der Waals surface area contributed by atoms with E-state index < -0.39 is 23.2 Å². The van der Waals surface area contributed by atoms with Crippen LogP contribution in [0.3, 0.4) is 0 Å². The standard InChI is InChI=1S/C35H48N2O6/c1-19(37(6)7)26-24(39)17-34(5)23-15-25(42-20(2)38)28-32(3)18-41-27(29(32)36-31(40)21-11-9-8-10-12-21)30-35(28,43-30)16-22(23)13-14-33(26,34)4/h8-13,19,23-30,39H,14-18H2,1-7H3,(H,36,40)/t19-,23-,24-,25+,26+,27+,28+,29+,30-,32+,33-,34+,35+/m1/s1. The molecular formula is C35H48N2O6. The molecule has 4 aliphatic carbocycles. The van der Waals surface area contributed by atoms with Gasteiger partial charge in [0.1, 0.15) is 23.9 Å². The van der Waals surface area contributed by atoms with Gasteiger partial charge in [0.25, 0.3) is 5.91 Å². The quantitative estimate of drug-likeness (QED) is 0.303. The van der Waals surface area contributed by atoms with E-state index in [2.05, 4.69) is 58.1 Å². The number of amides is 1. The van der Waals surface area contributed by atoms with E-state index >= 15 is 0 Å². The number of carbonyl (C=O) groups is 2. The van der Waals surface area contributed by atoms with Crippen LogP contribution in [-0.4, -0.2) is 84.7 Å². The fourth-order valence-electron chi connectivity index (χ4n) is 11.0. The van der Waals surface area contributed by atoms with Gasteiger partial charge in [-0.25, -0.2) is 0 Å². The molecule has 43 heavy (non-hydrogen) atoms. The summed E-state index contributed by atoms with van der Waals surface area (Å²) in [7, 11) is 4.20. The van der Waals surface area contributed by atoms with Crippen LogP contribution in [-0.2, 0) is 19.0 Å². The molecule has 8 nitrogen and oxygen atoms in total. The number of epoxide rings is 1. The van der Waals surface area contributed by atoms with Crippen molar-refractivity contribution in [3.05, 3.63) is 47.5 Å². The van der Waals surface area contributed by atoms with Gasteiger partial charge in [0.05, 0.1) is 18.8 Å². The molecule has 13 atom stereocenters. The number of ether oxygens (including phenoxy) is 3. The molecule has 2 N–H and O–H groups in total. The Bertz CT molecular complexity index is 1350. The second kappa shape index (κ2) is 9.62. The number of allylic oxidation sites excluding steroid dienone is 1. The Morgan fingerprint density at radius 1 is 1.14 bits per heavy atom. The fourth-order valence-corrected chi connectivity index (χ4v) is 11.0. The largest absolute Gasteiger partial charge is 0.462 e. The van der Waals surface area contributed by atoms with Crippen molar-refractivity contribution in [2.24, 2.45) is 34.0 Å². The van der Waals surface area contributed by atoms with Crippen molar-refractivity contribution in [1.29, 1.82) is 0 Å². The summed E-state index contributed by atoms with van der Waals surface area (Å²) in [5.41, 5.74) is 0.721. The average Bonchev–Trinajstić information content (AvgIpc) is 3.55. The molecule has 1 amide bonds. The average molecular weight is 593 g/mol. The van der Waals surface area contributed by atoms with Gasteiger partial charge in [-0.3, -0.25) is 9.59 Å². The van der Waals surface area contributed by atoms with Crippen molar-refractivity contribution >= 4 is 11.9 Å². The minimum Gasteiger partial charge on any atom is -0.462 e. The van der Waals surface area contributed by atoms with E-state index in [-0.39, 0.29) is 64.8 Å². The summed E-state index contributed by atoms with van der Waals surface area (Å²) < 4.78 is 19.5. The van der Waals surface area contributed by atoms with E-state index in [0.29, 0.717) is 18.6 Å². The molecule has 2 bridgehead atoms. The second-order valence-electron chi connectivity index (χ2n) is 15.5. The van der Waals surface area contributed by atoms with Crippen molar-refractivity contribution in [1.82, 2.24) is 10.2 Å². The van der Waals surface area contributed by atoms with Crippen LogP contribution in [0.5, 0.6) is 0 Å². The number of fused-ring (bicyclic) bond motifs is 7. The summed E-state index contributed by atoms with van der Waals surface area (Å²) in [6.45, 7) is 11.1. The first kappa shape index (κ1) is 29.5. The first-order chi connectivity index (χ1) is 20.3. The minimum absolute atomic E-state index is 0.111. The Balaban J connectivity index is 1.28. The van der Waals surface area contributed by atoms with Gasteiger partial charge in [-0.15, -0.1) is 0 Å². The summed E-state index contributed by atoms with van der Waals surface area (Å²) in [4.78, 5) is 28.4. The Labute approximate surface area is 255 Å². The lowest BCUT2D eigenvalue weighted by atomic mass is 9.51. The van der Waals surface area contributed by atoms with Crippen LogP contribution < -0.4 is 5.32 Å². The number of nitrogens with zero attached hydrogens (tertiary/aromatic N) is 1. The molecule has 0 unspecified atom stereocenters. The van der Waals surface area contributed by atoms with E-state index in [1.807, 2.05) is 30.3 Å². The van der Waals surface area contributed by atoms with E-state index in [1.165, 1.54) is 12.5 Å². The molecule has 234 valence electrons. The normalized spacial score (nSPS) is 48.2. The molecule has 7 rings (SSSR count). The van der Waals surface area contributed by atoms with E-state index in [0.717, 1.165) is 19.3 Å². The van der Waals surface area contributed by atoms with Gasteiger partial charge >= 0.3 is 5.97 Å². The smallest absolute Gasteiger partial charge is 0.302 e. The SMILES string of the molecule is CC(=O)O[C@H]1C[C@@H]2C(=CC[C@]3(C)[C@@H]([C@@H](C)N(C)C)[C@H](O)C[C@@]23C)C[C@@]23O[C@@H]2[C@H]2OC[C@](C)([C@H]2NC(=O)c2ccccc2)[C@H]13. The first-order valence-electron chi connectivity index (χ1n) is 16.1. The van der Waals surface area contributed by atoms with E-state index in [9.17, 15) is 14.7 Å². The summed E-state index contributed by atoms with van der Waals surface area (Å²) >= 11 is 0. The van der Waals surface area contributed by atoms with Gasteiger partial charge in [0.15, 0.2) is 0 Å². The summed E-state index contributed by atoms with van der Waals surface area (Å²) in [5.74, 6) is -0.286. The van der Waals surface area contributed by atoms with E-state index in [4.69, 9.17) is 14.2 Å². The Morgan fingerprint density at radius 2 is 1.86 bits per heavy atom. The zero-order chi connectivity index (χ0) is 30.7. The zero-order valence-electron chi connectivity index (χ0n) is 26.6. The topological polar surface area (TPSA) is 101 Å². The Morgan fingerprint density at radius 3 is 2.53 bits per heavy atom. The number of benzene rings is 1. The molecule has 0 radical (unpaired) electrons. The number of rotatable bonds is 5. The third-order valence-electron chi connectivity index (χ3n) is 13.3. The monoisotopic (exact) mass is 592 g/mol. The Kier molecular flexibility index (Phi) is 6.59. The maximum absolute atomic E-state index is 13.4. The highest BCUT2D eigenvalue weighted by Crippen LogP contribution is 2.73. The molecular weight excluding hydrogens is 544 g/mol. The predicted molar refractivity (Wildman–Crippen MR) is 161 cm³/mol. The molecule has 3 saturated carbocycles. The Hall–Kier alpha value is -2.26. The molecule has 1 aromatic carbocycles. The lowest BCUT2D eigenvalue weighted by Gasteiger charge is -2.54. The third kappa shape index (κ3) is 3.95. The maximum atomic E-state index is 13.4. The lowest BCUT2D eigenvalue weighted by molar-refractivity contribution is -0.157. The van der Waals surface area contributed by atoms with Gasteiger partial charge in [-0.1, -0.05) is 50.6 Å². The van der Waals surface area contributed by atoms with Crippen molar-refractivity contribution in [3.63, 3.8) is 0 Å². The van der Waals surface area contributed by atoms with Crippen LogP contribution in [0.2, 0.25) is 0 Å². The molecule has 1 aromatic rings. The number of carbonyl (C=O) groups excluding carboxylic acids is 2. The van der Waals surface area contributed by atoms with Crippen LogP contribution in [0.15, 0.2) is 42.0 Å². The van der Waals surface area contributed by atoms with Crippen molar-refractivity contribution in [3.8, 4) is 0 Å². The van der Waals surface area contributed by atoms with Crippen LogP contribution in [0.4, 0.5) is 0 Å². The second-order valence-corrected chi connectivity index (χ2v) is 15.5. The molecule has 8 heteroatoms. The number of nitrogens with one attached hydrogen (secondary N) is 1. The van der Waals surface area contributed by atoms with Crippen LogP contribution in [0, 0.1) is 34.0 Å². The molecule has 2 aliphatic heterocycles. The first-order valence-corrected chi connectivity index (χ1v) is 16.1. The highest BCUT2D eigenvalue weighted by Gasteiger charge is 2.81. The molecule has 2 saturated heterocycles. The zero-order valence-corrected chi connectivity index (χ0v) is 26.6. The molecule has 5 fully saturated rings. The minimum atomic E-state index is -0.498. The molecule has 2 heterocycles. The van der Waals surface area contributed by atoms with Gasteiger partial charge < -0.3 is 29.5 Å². The van der Waals surface area contributed by atoms with Crippen molar-refractivity contribution in [2.75, 3.05) is 20.7 Å². The predicted octanol–water partition coefficient (Wildman–Crippen LogP) is 3.97.